The Morgan fingerprint density at radius 1 is 1.15 bits per heavy atom. The van der Waals surface area contributed by atoms with E-state index >= 15 is 0 Å². The predicted octanol–water partition coefficient (Wildman–Crippen LogP) is 1.20. The van der Waals surface area contributed by atoms with Crippen molar-refractivity contribution in [2.24, 2.45) is 5.92 Å². The number of carbonyl (C=O) groups excluding carboxylic acids is 1. The highest BCUT2D eigenvalue weighted by atomic mass is 16.4. The molecule has 2 saturated heterocycles. The lowest BCUT2D eigenvalue weighted by Crippen LogP contribution is -2.41. The van der Waals surface area contributed by atoms with E-state index < -0.39 is 5.97 Å². The van der Waals surface area contributed by atoms with Crippen molar-refractivity contribution in [1.82, 2.24) is 4.90 Å². The molecule has 1 aromatic carbocycles. The zero-order chi connectivity index (χ0) is 14.1. The van der Waals surface area contributed by atoms with Crippen LogP contribution in [0.4, 0.5) is 5.69 Å². The summed E-state index contributed by atoms with van der Waals surface area (Å²) in [7, 11) is 0. The first-order chi connectivity index (χ1) is 9.66. The molecule has 1 aromatic rings. The number of carbonyl (C=O) groups is 2. The van der Waals surface area contributed by atoms with Crippen molar-refractivity contribution in [1.29, 1.82) is 0 Å². The molecule has 2 aliphatic heterocycles. The van der Waals surface area contributed by atoms with Crippen molar-refractivity contribution < 1.29 is 14.7 Å². The zero-order valence-corrected chi connectivity index (χ0v) is 11.2. The molecule has 0 spiro atoms. The molecule has 2 aliphatic rings. The summed E-state index contributed by atoms with van der Waals surface area (Å²) in [5.74, 6) is -0.978. The molecule has 2 heterocycles. The zero-order valence-electron chi connectivity index (χ0n) is 11.2. The Hall–Kier alpha value is -1.88. The second-order valence-corrected chi connectivity index (χ2v) is 5.45. The van der Waals surface area contributed by atoms with Gasteiger partial charge >= 0.3 is 5.97 Å². The van der Waals surface area contributed by atoms with E-state index in [-0.39, 0.29) is 17.9 Å². The fourth-order valence-electron chi connectivity index (χ4n) is 3.14. The number of amides is 1. The Bertz CT molecular complexity index is 517. The molecular formula is C15H18N2O3. The van der Waals surface area contributed by atoms with Gasteiger partial charge in [-0.05, 0) is 31.5 Å². The predicted molar refractivity (Wildman–Crippen MR) is 74.5 cm³/mol. The van der Waals surface area contributed by atoms with E-state index in [2.05, 4.69) is 0 Å². The van der Waals surface area contributed by atoms with Crippen molar-refractivity contribution in [3.8, 4) is 0 Å². The first kappa shape index (κ1) is 13.1. The molecule has 2 unspecified atom stereocenters. The van der Waals surface area contributed by atoms with E-state index in [0.29, 0.717) is 26.1 Å². The number of aliphatic carboxylic acids is 1. The van der Waals surface area contributed by atoms with Gasteiger partial charge in [0.2, 0.25) is 5.91 Å². The van der Waals surface area contributed by atoms with E-state index in [1.165, 1.54) is 0 Å². The number of nitrogens with zero attached hydrogens (tertiary/aromatic N) is 2. The fourth-order valence-corrected chi connectivity index (χ4v) is 3.14. The Morgan fingerprint density at radius 2 is 1.90 bits per heavy atom. The Kier molecular flexibility index (Phi) is 3.44. The number of carboxylic acids is 1. The number of carboxylic acid groups (broad SMARTS) is 1. The molecule has 5 nitrogen and oxygen atoms in total. The standard InChI is InChI=1S/C15H18N2O3/c18-14-13(16-8-6-11(10-16)15(19)20)7-9-17(14)12-4-2-1-3-5-12/h1-5,11,13H,6-10H2,(H,19,20). The van der Waals surface area contributed by atoms with Gasteiger partial charge in [-0.25, -0.2) is 0 Å². The lowest BCUT2D eigenvalue weighted by atomic mass is 10.1. The van der Waals surface area contributed by atoms with Gasteiger partial charge in [0.25, 0.3) is 0 Å². The first-order valence-corrected chi connectivity index (χ1v) is 7.00. The number of hydrogen-bond donors (Lipinski definition) is 1. The lowest BCUT2D eigenvalue weighted by molar-refractivity contribution is -0.141. The van der Waals surface area contributed by atoms with Gasteiger partial charge in [-0.3, -0.25) is 14.5 Å². The van der Waals surface area contributed by atoms with E-state index in [1.807, 2.05) is 35.2 Å². The second kappa shape index (κ2) is 5.25. The second-order valence-electron chi connectivity index (χ2n) is 5.45. The molecular weight excluding hydrogens is 256 g/mol. The molecule has 0 saturated carbocycles. The summed E-state index contributed by atoms with van der Waals surface area (Å²) in [6.45, 7) is 1.91. The summed E-state index contributed by atoms with van der Waals surface area (Å²) in [5, 5.41) is 9.05. The number of likely N-dealkylation sites (tertiary alicyclic amines) is 1. The van der Waals surface area contributed by atoms with Gasteiger partial charge in [0.15, 0.2) is 0 Å². The van der Waals surface area contributed by atoms with Crippen LogP contribution >= 0.6 is 0 Å². The topological polar surface area (TPSA) is 60.9 Å². The van der Waals surface area contributed by atoms with Crippen molar-refractivity contribution in [2.45, 2.75) is 18.9 Å². The van der Waals surface area contributed by atoms with Crippen LogP contribution in [0.15, 0.2) is 30.3 Å². The molecule has 1 N–H and O–H groups in total. The maximum absolute atomic E-state index is 12.5. The quantitative estimate of drug-likeness (QED) is 0.899. The molecule has 106 valence electrons. The maximum atomic E-state index is 12.5. The van der Waals surface area contributed by atoms with E-state index in [0.717, 1.165) is 12.1 Å². The molecule has 0 radical (unpaired) electrons. The summed E-state index contributed by atoms with van der Waals surface area (Å²) >= 11 is 0. The molecule has 0 aromatic heterocycles. The summed E-state index contributed by atoms with van der Waals surface area (Å²) in [6.07, 6.45) is 1.42. The number of para-hydroxylation sites is 1. The maximum Gasteiger partial charge on any atom is 0.307 e. The molecule has 2 fully saturated rings. The van der Waals surface area contributed by atoms with Gasteiger partial charge in [0.1, 0.15) is 0 Å². The smallest absolute Gasteiger partial charge is 0.307 e. The largest absolute Gasteiger partial charge is 0.481 e. The number of benzene rings is 1. The van der Waals surface area contributed by atoms with Gasteiger partial charge in [-0.15, -0.1) is 0 Å². The summed E-state index contributed by atoms with van der Waals surface area (Å²) in [6, 6.07) is 9.49. The van der Waals surface area contributed by atoms with Gasteiger partial charge < -0.3 is 10.0 Å². The van der Waals surface area contributed by atoms with Crippen LogP contribution in [-0.4, -0.2) is 47.6 Å². The first-order valence-electron chi connectivity index (χ1n) is 7.00. The number of rotatable bonds is 3. The number of hydrogen-bond acceptors (Lipinski definition) is 3. The highest BCUT2D eigenvalue weighted by molar-refractivity contribution is 5.99. The van der Waals surface area contributed by atoms with Crippen molar-refractivity contribution >= 4 is 17.6 Å². The van der Waals surface area contributed by atoms with Crippen LogP contribution in [-0.2, 0) is 9.59 Å². The highest BCUT2D eigenvalue weighted by Crippen LogP contribution is 2.28. The number of anilines is 1. The van der Waals surface area contributed by atoms with Crippen LogP contribution in [0.1, 0.15) is 12.8 Å². The Labute approximate surface area is 117 Å². The third kappa shape index (κ3) is 2.29. The van der Waals surface area contributed by atoms with Crippen LogP contribution in [0.25, 0.3) is 0 Å². The Morgan fingerprint density at radius 3 is 2.55 bits per heavy atom. The van der Waals surface area contributed by atoms with Crippen LogP contribution in [0, 0.1) is 5.92 Å². The summed E-state index contributed by atoms with van der Waals surface area (Å²) < 4.78 is 0. The van der Waals surface area contributed by atoms with Crippen molar-refractivity contribution in [3.05, 3.63) is 30.3 Å². The van der Waals surface area contributed by atoms with Crippen molar-refractivity contribution in [2.75, 3.05) is 24.5 Å². The van der Waals surface area contributed by atoms with Crippen LogP contribution in [0.3, 0.4) is 0 Å². The normalized spacial score (nSPS) is 27.2. The van der Waals surface area contributed by atoms with Crippen LogP contribution in [0.2, 0.25) is 0 Å². The van der Waals surface area contributed by atoms with Crippen molar-refractivity contribution in [3.63, 3.8) is 0 Å². The minimum absolute atomic E-state index is 0.0993. The summed E-state index contributed by atoms with van der Waals surface area (Å²) in [5.41, 5.74) is 0.925. The molecule has 2 atom stereocenters. The summed E-state index contributed by atoms with van der Waals surface area (Å²) in [4.78, 5) is 27.3. The molecule has 20 heavy (non-hydrogen) atoms. The average Bonchev–Trinajstić information content (AvgIpc) is 3.06. The molecule has 0 aliphatic carbocycles. The monoisotopic (exact) mass is 274 g/mol. The molecule has 3 rings (SSSR count). The van der Waals surface area contributed by atoms with Gasteiger partial charge in [0.05, 0.1) is 12.0 Å². The van der Waals surface area contributed by atoms with Gasteiger partial charge in [-0.1, -0.05) is 18.2 Å². The Balaban J connectivity index is 1.69. The SMILES string of the molecule is O=C(O)C1CCN(C2CCN(c3ccccc3)C2=O)C1. The fraction of sp³-hybridized carbons (Fsp3) is 0.467. The van der Waals surface area contributed by atoms with E-state index in [9.17, 15) is 9.59 Å². The van der Waals surface area contributed by atoms with Gasteiger partial charge in [-0.2, -0.15) is 0 Å². The molecule has 1 amide bonds. The third-order valence-electron chi connectivity index (χ3n) is 4.25. The third-order valence-corrected chi connectivity index (χ3v) is 4.25. The van der Waals surface area contributed by atoms with Gasteiger partial charge in [0, 0.05) is 18.8 Å². The van der Waals surface area contributed by atoms with Crippen LogP contribution in [0.5, 0.6) is 0 Å². The average molecular weight is 274 g/mol. The minimum Gasteiger partial charge on any atom is -0.481 e. The van der Waals surface area contributed by atoms with E-state index in [1.54, 1.807) is 4.90 Å². The molecule has 0 bridgehead atoms. The minimum atomic E-state index is -0.752. The lowest BCUT2D eigenvalue weighted by Gasteiger charge is -2.23. The highest BCUT2D eigenvalue weighted by Gasteiger charge is 2.40. The molecule has 5 heteroatoms. The van der Waals surface area contributed by atoms with Crippen LogP contribution < -0.4 is 4.90 Å². The van der Waals surface area contributed by atoms with E-state index in [4.69, 9.17) is 5.11 Å².